The minimum absolute atomic E-state index is 0.0511. The molecule has 0 unspecified atom stereocenters. The molecule has 1 heterocycles. The number of thioether (sulfide) groups is 1. The van der Waals surface area contributed by atoms with Gasteiger partial charge in [-0.05, 0) is 29.8 Å². The zero-order valence-electron chi connectivity index (χ0n) is 13.4. The fraction of sp³-hybridized carbons (Fsp3) is 0.100. The first kappa shape index (κ1) is 16.3. The monoisotopic (exact) mass is 334 g/mol. The van der Waals surface area contributed by atoms with Gasteiger partial charge in [0.1, 0.15) is 5.03 Å². The van der Waals surface area contributed by atoms with Crippen LogP contribution in [0.25, 0.3) is 0 Å². The zero-order chi connectivity index (χ0) is 16.8. The first-order valence-electron chi connectivity index (χ1n) is 7.70. The third kappa shape index (κ3) is 3.84. The van der Waals surface area contributed by atoms with Crippen LogP contribution in [0.4, 0.5) is 5.69 Å². The van der Waals surface area contributed by atoms with Crippen LogP contribution >= 0.6 is 11.8 Å². The van der Waals surface area contributed by atoms with Crippen LogP contribution in [0.3, 0.4) is 0 Å². The average molecular weight is 334 g/mol. The number of aromatic nitrogens is 1. The van der Waals surface area contributed by atoms with Gasteiger partial charge >= 0.3 is 0 Å². The lowest BCUT2D eigenvalue weighted by Gasteiger charge is -2.18. The van der Waals surface area contributed by atoms with E-state index in [2.05, 4.69) is 17.1 Å². The summed E-state index contributed by atoms with van der Waals surface area (Å²) in [5.74, 6) is 0.734. The minimum Gasteiger partial charge on any atom is -0.311 e. The SMILES string of the molecule is CN(C(=O)c1cccnc1SCc1ccccc1)c1ccccc1. The molecule has 3 rings (SSSR count). The molecule has 3 aromatic rings. The quantitative estimate of drug-likeness (QED) is 0.637. The van der Waals surface area contributed by atoms with Gasteiger partial charge in [0.25, 0.3) is 5.91 Å². The maximum Gasteiger partial charge on any atom is 0.260 e. The van der Waals surface area contributed by atoms with E-state index in [1.54, 1.807) is 36.0 Å². The fourth-order valence-electron chi connectivity index (χ4n) is 2.34. The molecule has 4 heteroatoms. The van der Waals surface area contributed by atoms with Gasteiger partial charge in [0, 0.05) is 24.7 Å². The summed E-state index contributed by atoms with van der Waals surface area (Å²) in [7, 11) is 1.79. The summed E-state index contributed by atoms with van der Waals surface area (Å²) in [6.45, 7) is 0. The molecule has 2 aromatic carbocycles. The summed E-state index contributed by atoms with van der Waals surface area (Å²) in [6, 6.07) is 23.5. The Morgan fingerprint density at radius 1 is 0.958 bits per heavy atom. The number of rotatable bonds is 5. The molecule has 0 spiro atoms. The lowest BCUT2D eigenvalue weighted by molar-refractivity contribution is 0.0989. The number of para-hydroxylation sites is 1. The molecule has 0 aliphatic rings. The summed E-state index contributed by atoms with van der Waals surface area (Å²) < 4.78 is 0. The van der Waals surface area contributed by atoms with Crippen molar-refractivity contribution in [3.8, 4) is 0 Å². The molecule has 120 valence electrons. The third-order valence-electron chi connectivity index (χ3n) is 3.67. The Morgan fingerprint density at radius 3 is 2.33 bits per heavy atom. The number of anilines is 1. The van der Waals surface area contributed by atoms with E-state index in [0.29, 0.717) is 5.56 Å². The Hall–Kier alpha value is -2.59. The van der Waals surface area contributed by atoms with Crippen molar-refractivity contribution >= 4 is 23.4 Å². The van der Waals surface area contributed by atoms with Gasteiger partial charge in [-0.3, -0.25) is 4.79 Å². The van der Waals surface area contributed by atoms with E-state index in [0.717, 1.165) is 16.5 Å². The molecule has 3 nitrogen and oxygen atoms in total. The average Bonchev–Trinajstić information content (AvgIpc) is 2.67. The Labute approximate surface area is 146 Å². The van der Waals surface area contributed by atoms with E-state index in [-0.39, 0.29) is 5.91 Å². The second-order valence-electron chi connectivity index (χ2n) is 5.33. The van der Waals surface area contributed by atoms with Crippen molar-refractivity contribution in [1.29, 1.82) is 0 Å². The Balaban J connectivity index is 1.79. The van der Waals surface area contributed by atoms with Gasteiger partial charge in [0.05, 0.1) is 5.56 Å². The van der Waals surface area contributed by atoms with Crippen LogP contribution in [0.15, 0.2) is 84.0 Å². The highest BCUT2D eigenvalue weighted by Crippen LogP contribution is 2.26. The topological polar surface area (TPSA) is 33.2 Å². The highest BCUT2D eigenvalue weighted by molar-refractivity contribution is 7.98. The Morgan fingerprint density at radius 2 is 1.62 bits per heavy atom. The van der Waals surface area contributed by atoms with Crippen LogP contribution in [0.5, 0.6) is 0 Å². The zero-order valence-corrected chi connectivity index (χ0v) is 14.2. The maximum absolute atomic E-state index is 12.8. The molecule has 1 aromatic heterocycles. The van der Waals surface area contributed by atoms with Gasteiger partial charge in [0.15, 0.2) is 0 Å². The van der Waals surface area contributed by atoms with E-state index in [1.165, 1.54) is 5.56 Å². The molecule has 24 heavy (non-hydrogen) atoms. The van der Waals surface area contributed by atoms with Crippen LogP contribution in [0, 0.1) is 0 Å². The Kier molecular flexibility index (Phi) is 5.29. The molecule has 0 N–H and O–H groups in total. The summed E-state index contributed by atoms with van der Waals surface area (Å²) in [5.41, 5.74) is 2.71. The number of amides is 1. The van der Waals surface area contributed by atoms with E-state index >= 15 is 0 Å². The third-order valence-corrected chi connectivity index (χ3v) is 4.74. The lowest BCUT2D eigenvalue weighted by atomic mass is 10.2. The number of carbonyl (C=O) groups is 1. The highest BCUT2D eigenvalue weighted by atomic mass is 32.2. The van der Waals surface area contributed by atoms with Crippen LogP contribution in [0.1, 0.15) is 15.9 Å². The first-order chi connectivity index (χ1) is 11.8. The number of carbonyl (C=O) groups excluding carboxylic acids is 1. The number of nitrogens with zero attached hydrogens (tertiary/aromatic N) is 2. The molecular weight excluding hydrogens is 316 g/mol. The molecule has 0 radical (unpaired) electrons. The molecule has 0 aliphatic carbocycles. The largest absolute Gasteiger partial charge is 0.311 e. The second kappa shape index (κ2) is 7.79. The summed E-state index contributed by atoms with van der Waals surface area (Å²) in [4.78, 5) is 18.9. The van der Waals surface area contributed by atoms with Crippen molar-refractivity contribution in [2.45, 2.75) is 10.8 Å². The Bertz CT molecular complexity index is 806. The van der Waals surface area contributed by atoms with Gasteiger partial charge in [-0.1, -0.05) is 48.5 Å². The van der Waals surface area contributed by atoms with Gasteiger partial charge in [0.2, 0.25) is 0 Å². The van der Waals surface area contributed by atoms with Crippen molar-refractivity contribution < 1.29 is 4.79 Å². The van der Waals surface area contributed by atoms with Gasteiger partial charge in [-0.25, -0.2) is 4.98 Å². The van der Waals surface area contributed by atoms with Crippen LogP contribution in [-0.4, -0.2) is 17.9 Å². The second-order valence-corrected chi connectivity index (χ2v) is 6.29. The van der Waals surface area contributed by atoms with Crippen LogP contribution < -0.4 is 4.90 Å². The van der Waals surface area contributed by atoms with Crippen LogP contribution in [-0.2, 0) is 5.75 Å². The molecular formula is C20H18N2OS. The van der Waals surface area contributed by atoms with E-state index in [4.69, 9.17) is 0 Å². The van der Waals surface area contributed by atoms with Crippen molar-refractivity contribution in [3.05, 3.63) is 90.1 Å². The summed E-state index contributed by atoms with van der Waals surface area (Å²) in [5, 5.41) is 0.758. The first-order valence-corrected chi connectivity index (χ1v) is 8.69. The van der Waals surface area contributed by atoms with E-state index in [9.17, 15) is 4.79 Å². The van der Waals surface area contributed by atoms with Crippen molar-refractivity contribution in [3.63, 3.8) is 0 Å². The minimum atomic E-state index is -0.0511. The molecule has 1 amide bonds. The standard InChI is InChI=1S/C20H18N2OS/c1-22(17-11-6-3-7-12-17)20(23)18-13-8-14-21-19(18)24-15-16-9-4-2-5-10-16/h2-14H,15H2,1H3. The smallest absolute Gasteiger partial charge is 0.260 e. The summed E-state index contributed by atoms with van der Waals surface area (Å²) >= 11 is 1.58. The normalized spacial score (nSPS) is 10.4. The molecule has 0 fully saturated rings. The number of pyridine rings is 1. The molecule has 0 atom stereocenters. The van der Waals surface area contributed by atoms with Crippen molar-refractivity contribution in [1.82, 2.24) is 4.98 Å². The van der Waals surface area contributed by atoms with Gasteiger partial charge in [-0.2, -0.15) is 0 Å². The fourth-order valence-corrected chi connectivity index (χ4v) is 3.29. The van der Waals surface area contributed by atoms with Crippen LogP contribution in [0.2, 0.25) is 0 Å². The molecule has 0 aliphatic heterocycles. The van der Waals surface area contributed by atoms with Crippen molar-refractivity contribution in [2.75, 3.05) is 11.9 Å². The highest BCUT2D eigenvalue weighted by Gasteiger charge is 2.18. The summed E-state index contributed by atoms with van der Waals surface area (Å²) in [6.07, 6.45) is 1.73. The maximum atomic E-state index is 12.8. The predicted octanol–water partition coefficient (Wildman–Crippen LogP) is 4.65. The van der Waals surface area contributed by atoms with E-state index < -0.39 is 0 Å². The lowest BCUT2D eigenvalue weighted by Crippen LogP contribution is -2.26. The molecule has 0 saturated heterocycles. The number of hydrogen-bond donors (Lipinski definition) is 0. The predicted molar refractivity (Wildman–Crippen MR) is 99.4 cm³/mol. The number of benzene rings is 2. The molecule has 0 bridgehead atoms. The molecule has 0 saturated carbocycles. The van der Waals surface area contributed by atoms with Gasteiger partial charge < -0.3 is 4.90 Å². The van der Waals surface area contributed by atoms with Crippen molar-refractivity contribution in [2.24, 2.45) is 0 Å². The van der Waals surface area contributed by atoms with Gasteiger partial charge in [-0.15, -0.1) is 11.8 Å². The number of hydrogen-bond acceptors (Lipinski definition) is 3. The van der Waals surface area contributed by atoms with E-state index in [1.807, 2.05) is 54.6 Å².